The Kier molecular flexibility index (Phi) is 10.4. The molecule has 1 N–H and O–H groups in total. The van der Waals surface area contributed by atoms with Crippen molar-refractivity contribution in [3.05, 3.63) is 95.0 Å². The van der Waals surface area contributed by atoms with Crippen molar-refractivity contribution < 1.29 is 31.2 Å². The fourth-order valence-electron chi connectivity index (χ4n) is 4.20. The second kappa shape index (κ2) is 13.4. The Hall–Kier alpha value is -3.57. The van der Waals surface area contributed by atoms with Gasteiger partial charge in [0.2, 0.25) is 11.8 Å². The molecule has 0 unspecified atom stereocenters. The van der Waals surface area contributed by atoms with Gasteiger partial charge in [-0.3, -0.25) is 13.9 Å². The molecule has 0 heterocycles. The lowest BCUT2D eigenvalue weighted by Gasteiger charge is -2.33. The summed E-state index contributed by atoms with van der Waals surface area (Å²) in [6.07, 6.45) is -4.57. The number of carbonyl (C=O) groups is 2. The third kappa shape index (κ3) is 8.01. The minimum Gasteiger partial charge on any atom is -0.352 e. The van der Waals surface area contributed by atoms with E-state index in [1.54, 1.807) is 51.1 Å². The Labute approximate surface area is 243 Å². The van der Waals surface area contributed by atoms with Crippen LogP contribution in [-0.2, 0) is 32.3 Å². The highest BCUT2D eigenvalue weighted by Crippen LogP contribution is 2.33. The fourth-order valence-corrected chi connectivity index (χ4v) is 5.82. The second-order valence-electron chi connectivity index (χ2n) is 9.57. The van der Waals surface area contributed by atoms with Gasteiger partial charge in [-0.15, -0.1) is 0 Å². The van der Waals surface area contributed by atoms with Gasteiger partial charge in [0.25, 0.3) is 10.0 Å². The van der Waals surface area contributed by atoms with Gasteiger partial charge < -0.3 is 10.2 Å². The number of benzene rings is 3. The molecular formula is C29H31ClF3N3O4S. The normalized spacial score (nSPS) is 12.6. The van der Waals surface area contributed by atoms with Crippen molar-refractivity contribution in [2.75, 3.05) is 10.8 Å². The second-order valence-corrected chi connectivity index (χ2v) is 11.8. The fraction of sp³-hybridized carbons (Fsp3) is 0.310. The maximum Gasteiger partial charge on any atom is 0.416 e. The van der Waals surface area contributed by atoms with Crippen molar-refractivity contribution in [1.82, 2.24) is 10.2 Å². The molecule has 0 aromatic heterocycles. The largest absolute Gasteiger partial charge is 0.416 e. The number of amides is 2. The van der Waals surface area contributed by atoms with E-state index in [0.717, 1.165) is 12.1 Å². The number of nitrogens with one attached hydrogen (secondary N) is 1. The molecule has 41 heavy (non-hydrogen) atoms. The smallest absolute Gasteiger partial charge is 0.352 e. The predicted octanol–water partition coefficient (Wildman–Crippen LogP) is 5.89. The van der Waals surface area contributed by atoms with E-state index in [-0.39, 0.29) is 29.6 Å². The summed E-state index contributed by atoms with van der Waals surface area (Å²) in [6, 6.07) is 16.3. The summed E-state index contributed by atoms with van der Waals surface area (Å²) in [6.45, 7) is 4.21. The average molecular weight is 610 g/mol. The number of hydrogen-bond donors (Lipinski definition) is 1. The standard InChI is InChI=1S/C29H31ClF3N3O4S/c1-4-26(28(38)34-20(2)3)35(18-21-11-8-9-16-25(21)30)27(37)19-36(41(39,40)24-14-6-5-7-15-24)23-13-10-12-22(17-23)29(31,32)33/h5-17,20,26H,4,18-19H2,1-3H3,(H,34,38)/t26-/m1/s1. The molecule has 0 radical (unpaired) electrons. The first-order valence-electron chi connectivity index (χ1n) is 12.8. The van der Waals surface area contributed by atoms with E-state index in [4.69, 9.17) is 11.6 Å². The number of halogens is 4. The van der Waals surface area contributed by atoms with E-state index >= 15 is 0 Å². The number of anilines is 1. The van der Waals surface area contributed by atoms with Gasteiger partial charge in [-0.05, 0) is 62.2 Å². The third-order valence-electron chi connectivity index (χ3n) is 6.19. The number of sulfonamides is 1. The summed E-state index contributed by atoms with van der Waals surface area (Å²) in [5.41, 5.74) is -0.921. The summed E-state index contributed by atoms with van der Waals surface area (Å²) in [4.78, 5) is 28.1. The lowest BCUT2D eigenvalue weighted by molar-refractivity contribution is -0.140. The molecule has 3 rings (SSSR count). The molecule has 0 spiro atoms. The van der Waals surface area contributed by atoms with Gasteiger partial charge in [0, 0.05) is 17.6 Å². The van der Waals surface area contributed by atoms with Crippen molar-refractivity contribution in [2.45, 2.75) is 56.9 Å². The summed E-state index contributed by atoms with van der Waals surface area (Å²) in [5.74, 6) is -1.26. The number of carbonyl (C=O) groups excluding carboxylic acids is 2. The minimum atomic E-state index is -4.75. The average Bonchev–Trinajstić information content (AvgIpc) is 2.92. The van der Waals surface area contributed by atoms with Crippen molar-refractivity contribution in [3.63, 3.8) is 0 Å². The molecule has 3 aromatic carbocycles. The summed E-state index contributed by atoms with van der Waals surface area (Å²) >= 11 is 6.35. The zero-order valence-corrected chi connectivity index (χ0v) is 24.3. The summed E-state index contributed by atoms with van der Waals surface area (Å²) in [5, 5.41) is 3.10. The lowest BCUT2D eigenvalue weighted by Crippen LogP contribution is -2.53. The van der Waals surface area contributed by atoms with Crippen LogP contribution in [0.2, 0.25) is 5.02 Å². The maximum absolute atomic E-state index is 14.0. The van der Waals surface area contributed by atoms with Gasteiger partial charge in [-0.25, -0.2) is 8.42 Å². The van der Waals surface area contributed by atoms with Gasteiger partial charge in [0.15, 0.2) is 0 Å². The molecule has 0 saturated heterocycles. The molecule has 0 aliphatic rings. The Bertz CT molecular complexity index is 1470. The molecule has 0 fully saturated rings. The lowest BCUT2D eigenvalue weighted by atomic mass is 10.1. The Morgan fingerprint density at radius 2 is 1.59 bits per heavy atom. The first-order valence-corrected chi connectivity index (χ1v) is 14.7. The molecule has 1 atom stereocenters. The van der Waals surface area contributed by atoms with Crippen LogP contribution in [0.1, 0.15) is 38.3 Å². The molecule has 7 nitrogen and oxygen atoms in total. The molecule has 0 aliphatic carbocycles. The maximum atomic E-state index is 14.0. The Balaban J connectivity index is 2.12. The van der Waals surface area contributed by atoms with Crippen LogP contribution in [-0.4, -0.2) is 43.8 Å². The van der Waals surface area contributed by atoms with Gasteiger partial charge in [0.1, 0.15) is 12.6 Å². The topological polar surface area (TPSA) is 86.8 Å². The molecule has 0 saturated carbocycles. The zero-order valence-electron chi connectivity index (χ0n) is 22.7. The van der Waals surface area contributed by atoms with Crippen molar-refractivity contribution in [3.8, 4) is 0 Å². The van der Waals surface area contributed by atoms with E-state index < -0.39 is 46.2 Å². The van der Waals surface area contributed by atoms with Crippen LogP contribution in [0.5, 0.6) is 0 Å². The highest BCUT2D eigenvalue weighted by atomic mass is 35.5. The molecule has 0 bridgehead atoms. The van der Waals surface area contributed by atoms with Crippen LogP contribution >= 0.6 is 11.6 Å². The molecule has 2 amide bonds. The Morgan fingerprint density at radius 3 is 2.17 bits per heavy atom. The van der Waals surface area contributed by atoms with Crippen molar-refractivity contribution in [1.29, 1.82) is 0 Å². The van der Waals surface area contributed by atoms with E-state index in [1.165, 1.54) is 35.2 Å². The number of rotatable bonds is 11. The molecular weight excluding hydrogens is 579 g/mol. The van der Waals surface area contributed by atoms with Crippen molar-refractivity contribution in [2.24, 2.45) is 0 Å². The van der Waals surface area contributed by atoms with Gasteiger partial charge in [-0.1, -0.05) is 61.0 Å². The van der Waals surface area contributed by atoms with Gasteiger partial charge in [-0.2, -0.15) is 13.2 Å². The number of nitrogens with zero attached hydrogens (tertiary/aromatic N) is 2. The van der Waals surface area contributed by atoms with E-state index in [1.807, 2.05) is 0 Å². The molecule has 12 heteroatoms. The molecule has 3 aromatic rings. The minimum absolute atomic E-state index is 0.135. The van der Waals surface area contributed by atoms with Crippen LogP contribution in [0, 0.1) is 0 Å². The highest BCUT2D eigenvalue weighted by molar-refractivity contribution is 7.92. The van der Waals surface area contributed by atoms with Crippen LogP contribution in [0.25, 0.3) is 0 Å². The SMILES string of the molecule is CC[C@H](C(=O)NC(C)C)N(Cc1ccccc1Cl)C(=O)CN(c1cccc(C(F)(F)F)c1)S(=O)(=O)c1ccccc1. The number of alkyl halides is 3. The van der Waals surface area contributed by atoms with E-state index in [9.17, 15) is 31.2 Å². The highest BCUT2D eigenvalue weighted by Gasteiger charge is 2.36. The molecule has 0 aliphatic heterocycles. The van der Waals surface area contributed by atoms with Crippen LogP contribution < -0.4 is 9.62 Å². The quantitative estimate of drug-likeness (QED) is 0.294. The summed E-state index contributed by atoms with van der Waals surface area (Å²) < 4.78 is 68.8. The first-order chi connectivity index (χ1) is 19.3. The Morgan fingerprint density at radius 1 is 0.951 bits per heavy atom. The monoisotopic (exact) mass is 609 g/mol. The van der Waals surface area contributed by atoms with E-state index in [0.29, 0.717) is 21.0 Å². The van der Waals surface area contributed by atoms with Crippen LogP contribution in [0.3, 0.4) is 0 Å². The number of hydrogen-bond acceptors (Lipinski definition) is 4. The van der Waals surface area contributed by atoms with Crippen LogP contribution in [0.15, 0.2) is 83.8 Å². The zero-order chi connectivity index (χ0) is 30.4. The molecule has 220 valence electrons. The van der Waals surface area contributed by atoms with Crippen molar-refractivity contribution >= 4 is 39.1 Å². The first kappa shape index (κ1) is 32.0. The van der Waals surface area contributed by atoms with Crippen LogP contribution in [0.4, 0.5) is 18.9 Å². The van der Waals surface area contributed by atoms with Gasteiger partial charge >= 0.3 is 6.18 Å². The van der Waals surface area contributed by atoms with E-state index in [2.05, 4.69) is 5.32 Å². The summed E-state index contributed by atoms with van der Waals surface area (Å²) in [7, 11) is -4.51. The predicted molar refractivity (Wildman–Crippen MR) is 152 cm³/mol. The van der Waals surface area contributed by atoms with Gasteiger partial charge in [0.05, 0.1) is 16.1 Å². The third-order valence-corrected chi connectivity index (χ3v) is 8.34.